The van der Waals surface area contributed by atoms with E-state index < -0.39 is 10.0 Å². The number of hydrogen-bond acceptors (Lipinski definition) is 4. The highest BCUT2D eigenvalue weighted by molar-refractivity contribution is 7.90. The zero-order valence-corrected chi connectivity index (χ0v) is 22.6. The van der Waals surface area contributed by atoms with Crippen LogP contribution in [0, 0.1) is 6.92 Å². The van der Waals surface area contributed by atoms with Gasteiger partial charge in [-0.2, -0.15) is 8.42 Å². The third-order valence-corrected chi connectivity index (χ3v) is 8.39. The fourth-order valence-electron chi connectivity index (χ4n) is 4.01. The van der Waals surface area contributed by atoms with Gasteiger partial charge < -0.3 is 0 Å². The number of sulfonamides is 1. The van der Waals surface area contributed by atoms with Crippen molar-refractivity contribution in [1.29, 1.82) is 0 Å². The Balaban J connectivity index is 1.71. The summed E-state index contributed by atoms with van der Waals surface area (Å²) >= 11 is 1.30. The summed E-state index contributed by atoms with van der Waals surface area (Å²) < 4.78 is 35.0. The van der Waals surface area contributed by atoms with Gasteiger partial charge in [0.2, 0.25) is 10.4 Å². The molecule has 0 aliphatic carbocycles. The molecule has 1 heterocycles. The van der Waals surface area contributed by atoms with Crippen LogP contribution in [-0.4, -0.2) is 16.9 Å². The Morgan fingerprint density at radius 3 is 1.79 bits per heavy atom. The van der Waals surface area contributed by atoms with Gasteiger partial charge in [-0.25, -0.2) is 4.99 Å². The Hall–Kier alpha value is -4.01. The molecule has 0 saturated carbocycles. The summed E-state index contributed by atoms with van der Waals surface area (Å²) in [5.74, 6) is 0. The maximum absolute atomic E-state index is 13.4. The molecule has 0 amide bonds. The van der Waals surface area contributed by atoms with Crippen LogP contribution in [-0.2, 0) is 29.7 Å². The van der Waals surface area contributed by atoms with Crippen LogP contribution >= 0.6 is 11.5 Å². The van der Waals surface area contributed by atoms with E-state index in [2.05, 4.69) is 16.5 Å². The van der Waals surface area contributed by atoms with Crippen molar-refractivity contribution in [2.24, 2.45) is 9.39 Å². The maximum Gasteiger partial charge on any atom is 0.285 e. The van der Waals surface area contributed by atoms with Gasteiger partial charge in [0.05, 0.1) is 24.5 Å². The van der Waals surface area contributed by atoms with E-state index in [9.17, 15) is 8.42 Å². The first-order valence-corrected chi connectivity index (χ1v) is 14.5. The summed E-state index contributed by atoms with van der Waals surface area (Å²) in [4.78, 5) is 5.52. The summed E-state index contributed by atoms with van der Waals surface area (Å²) in [7, 11) is -3.93. The van der Waals surface area contributed by atoms with Gasteiger partial charge in [0, 0.05) is 0 Å². The fourth-order valence-corrected chi connectivity index (χ4v) is 6.22. The molecule has 8 heteroatoms. The van der Waals surface area contributed by atoms with Crippen LogP contribution < -0.4 is 10.4 Å². The van der Waals surface area contributed by atoms with E-state index in [0.29, 0.717) is 30.1 Å². The number of benzene rings is 4. The minimum Gasteiger partial charge on any atom is -0.281 e. The third-order valence-electron chi connectivity index (χ3n) is 6.00. The van der Waals surface area contributed by atoms with Crippen molar-refractivity contribution in [3.05, 3.63) is 148 Å². The molecule has 0 radical (unpaired) electrons. The normalized spacial score (nSPS) is 12.7. The molecule has 0 fully saturated rings. The van der Waals surface area contributed by atoms with Crippen LogP contribution in [0.15, 0.2) is 130 Å². The third kappa shape index (κ3) is 6.27. The molecular formula is C30H28N4O2S2. The van der Waals surface area contributed by atoms with Gasteiger partial charge in [-0.15, -0.1) is 4.40 Å². The Labute approximate surface area is 226 Å². The summed E-state index contributed by atoms with van der Waals surface area (Å²) in [6.07, 6.45) is 0. The maximum atomic E-state index is 13.4. The van der Waals surface area contributed by atoms with Crippen molar-refractivity contribution in [2.45, 2.75) is 31.5 Å². The minimum absolute atomic E-state index is 0.167. The van der Waals surface area contributed by atoms with E-state index in [1.807, 2.05) is 94.3 Å². The van der Waals surface area contributed by atoms with Crippen molar-refractivity contribution in [3.63, 3.8) is 0 Å². The van der Waals surface area contributed by atoms with Crippen LogP contribution in [0.3, 0.4) is 0 Å². The van der Waals surface area contributed by atoms with Crippen LogP contribution in [0.5, 0.6) is 0 Å². The fraction of sp³-hybridized carbons (Fsp3) is 0.133. The molecule has 38 heavy (non-hydrogen) atoms. The van der Waals surface area contributed by atoms with Crippen molar-refractivity contribution in [1.82, 2.24) is 8.52 Å². The van der Waals surface area contributed by atoms with Gasteiger partial charge in [-0.05, 0) is 47.3 Å². The van der Waals surface area contributed by atoms with E-state index in [4.69, 9.17) is 4.99 Å². The van der Waals surface area contributed by atoms with E-state index in [0.717, 1.165) is 22.3 Å². The Bertz CT molecular complexity index is 1740. The van der Waals surface area contributed by atoms with Crippen molar-refractivity contribution < 1.29 is 8.42 Å². The van der Waals surface area contributed by atoms with Crippen molar-refractivity contribution in [2.75, 3.05) is 0 Å². The molecule has 0 N–H and O–H groups in total. The van der Waals surface area contributed by atoms with Crippen molar-refractivity contribution in [3.8, 4) is 0 Å². The highest BCUT2D eigenvalue weighted by Gasteiger charge is 2.16. The Kier molecular flexibility index (Phi) is 7.81. The molecule has 4 aromatic carbocycles. The van der Waals surface area contributed by atoms with Crippen LogP contribution in [0.4, 0.5) is 0 Å². The van der Waals surface area contributed by atoms with E-state index in [1.54, 1.807) is 24.3 Å². The molecule has 0 bridgehead atoms. The highest BCUT2D eigenvalue weighted by atomic mass is 32.2. The molecule has 0 unspecified atom stereocenters. The van der Waals surface area contributed by atoms with Crippen LogP contribution in [0.1, 0.15) is 22.3 Å². The first-order chi connectivity index (χ1) is 18.5. The van der Waals surface area contributed by atoms with Crippen molar-refractivity contribution >= 4 is 21.6 Å². The lowest BCUT2D eigenvalue weighted by Crippen LogP contribution is -2.32. The smallest absolute Gasteiger partial charge is 0.281 e. The number of aromatic nitrogens is 2. The predicted octanol–water partition coefficient (Wildman–Crippen LogP) is 5.15. The molecular weight excluding hydrogens is 512 g/mol. The van der Waals surface area contributed by atoms with Gasteiger partial charge in [0.15, 0.2) is 0 Å². The molecule has 1 aromatic heterocycles. The monoisotopic (exact) mass is 540 g/mol. The first kappa shape index (κ1) is 25.6. The molecule has 5 rings (SSSR count). The predicted molar refractivity (Wildman–Crippen MR) is 151 cm³/mol. The van der Waals surface area contributed by atoms with Gasteiger partial charge in [-0.1, -0.05) is 109 Å². The molecule has 0 atom stereocenters. The van der Waals surface area contributed by atoms with Crippen LogP contribution in [0.25, 0.3) is 0 Å². The van der Waals surface area contributed by atoms with Gasteiger partial charge >= 0.3 is 0 Å². The summed E-state index contributed by atoms with van der Waals surface area (Å²) in [5, 5.41) is 0. The van der Waals surface area contributed by atoms with E-state index >= 15 is 0 Å². The zero-order chi connectivity index (χ0) is 26.4. The topological polar surface area (TPSA) is 68.7 Å². The van der Waals surface area contributed by atoms with Gasteiger partial charge in [0.25, 0.3) is 10.0 Å². The first-order valence-electron chi connectivity index (χ1n) is 12.3. The molecule has 192 valence electrons. The lowest BCUT2D eigenvalue weighted by molar-refractivity contribution is 0.593. The second-order valence-corrected chi connectivity index (χ2v) is 11.5. The summed E-state index contributed by atoms with van der Waals surface area (Å²) in [6, 6.07) is 36.8. The average Bonchev–Trinajstić information content (AvgIpc) is 3.23. The minimum atomic E-state index is -3.93. The number of rotatable bonds is 8. The zero-order valence-electron chi connectivity index (χ0n) is 21.0. The second-order valence-electron chi connectivity index (χ2n) is 8.95. The lowest BCUT2D eigenvalue weighted by atomic mass is 10.2. The summed E-state index contributed by atoms with van der Waals surface area (Å²) in [5.41, 5.74) is 4.85. The highest BCUT2D eigenvalue weighted by Crippen LogP contribution is 2.13. The number of aryl methyl sites for hydroxylation is 1. The molecule has 0 saturated heterocycles. The average molecular weight is 541 g/mol. The Morgan fingerprint density at radius 1 is 0.684 bits per heavy atom. The van der Waals surface area contributed by atoms with Gasteiger partial charge in [-0.3, -0.25) is 8.52 Å². The number of hydrogen-bond donors (Lipinski definition) is 0. The van der Waals surface area contributed by atoms with E-state index in [1.165, 1.54) is 11.5 Å². The van der Waals surface area contributed by atoms with Crippen LogP contribution in [0.2, 0.25) is 0 Å². The number of nitrogens with zero attached hydrogens (tertiary/aromatic N) is 4. The molecule has 5 aromatic rings. The molecule has 0 spiro atoms. The molecule has 6 nitrogen and oxygen atoms in total. The quantitative estimate of drug-likeness (QED) is 0.273. The lowest BCUT2D eigenvalue weighted by Gasteiger charge is -2.06. The largest absolute Gasteiger partial charge is 0.285 e. The SMILES string of the molecule is Cc1ccc(S(=O)(=O)/N=c2\sn(Cc3ccccc3)c(=NCc3ccccc3)n2Cc2ccccc2)cc1. The molecule has 0 aliphatic heterocycles. The van der Waals surface area contributed by atoms with Gasteiger partial charge in [0.1, 0.15) is 0 Å². The molecule has 0 aliphatic rings. The Morgan fingerprint density at radius 2 is 1.21 bits per heavy atom. The van der Waals surface area contributed by atoms with E-state index in [-0.39, 0.29) is 4.90 Å². The second kappa shape index (κ2) is 11.6. The standard InChI is InChI=1S/C30H28N4O2S2/c1-24-17-19-28(20-18-24)38(35,36)32-30-33(22-26-13-7-3-8-14-26)29(31-21-25-11-5-2-6-12-25)34(37-30)23-27-15-9-4-10-16-27/h2-20H,21-23H2,1H3/b31-29?,32-30-. The summed E-state index contributed by atoms with van der Waals surface area (Å²) in [6.45, 7) is 3.38.